The Kier molecular flexibility index (Phi) is 7.12. The number of allylic oxidation sites excluding steroid dienone is 1. The molecule has 2 fully saturated rings. The number of ketones is 1. The monoisotopic (exact) mass is 439 g/mol. The predicted molar refractivity (Wildman–Crippen MR) is 121 cm³/mol. The fourth-order valence-electron chi connectivity index (χ4n) is 4.22. The van der Waals surface area contributed by atoms with Gasteiger partial charge in [-0.2, -0.15) is 0 Å². The zero-order valence-corrected chi connectivity index (χ0v) is 18.2. The lowest BCUT2D eigenvalue weighted by atomic mass is 9.83. The molecule has 1 aromatic heterocycles. The number of rotatable bonds is 7. The Hall–Kier alpha value is -2.54. The summed E-state index contributed by atoms with van der Waals surface area (Å²) in [6, 6.07) is 8.90. The van der Waals surface area contributed by atoms with Crippen LogP contribution in [0.4, 0.5) is 10.3 Å². The molecule has 0 amide bonds. The molecule has 0 bridgehead atoms. The molecular weight excluding hydrogens is 413 g/mol. The van der Waals surface area contributed by atoms with Crippen LogP contribution in [0.25, 0.3) is 6.08 Å². The Morgan fingerprint density at radius 3 is 2.58 bits per heavy atom. The van der Waals surface area contributed by atoms with Crippen molar-refractivity contribution in [2.75, 3.05) is 5.32 Å². The minimum atomic E-state index is -0.179. The maximum absolute atomic E-state index is 13.0. The number of thioether (sulfide) groups is 1. The maximum Gasteiger partial charge on any atom is 0.223 e. The van der Waals surface area contributed by atoms with Crippen molar-refractivity contribution in [3.63, 3.8) is 0 Å². The molecule has 1 saturated heterocycles. The van der Waals surface area contributed by atoms with Gasteiger partial charge in [0.05, 0.1) is 17.0 Å². The van der Waals surface area contributed by atoms with Gasteiger partial charge in [-0.25, -0.2) is 14.4 Å². The Labute approximate surface area is 185 Å². The summed E-state index contributed by atoms with van der Waals surface area (Å²) in [7, 11) is 0. The van der Waals surface area contributed by atoms with Crippen molar-refractivity contribution in [3.05, 3.63) is 58.5 Å². The third kappa shape index (κ3) is 6.23. The van der Waals surface area contributed by atoms with E-state index in [4.69, 9.17) is 0 Å². The van der Waals surface area contributed by atoms with E-state index in [1.54, 1.807) is 18.3 Å². The second kappa shape index (κ2) is 10.2. The minimum absolute atomic E-state index is 0.0279. The second-order valence-corrected chi connectivity index (χ2v) is 9.37. The molecule has 1 aliphatic carbocycles. The smallest absolute Gasteiger partial charge is 0.223 e. The molecule has 162 valence electrons. The molecule has 31 heavy (non-hydrogen) atoms. The van der Waals surface area contributed by atoms with Gasteiger partial charge < -0.3 is 5.32 Å². The van der Waals surface area contributed by atoms with Gasteiger partial charge in [0.1, 0.15) is 5.82 Å². The van der Waals surface area contributed by atoms with Crippen LogP contribution in [0.2, 0.25) is 0 Å². The number of carbonyl (C=O) groups excluding carboxylic acids is 2. The lowest BCUT2D eigenvalue weighted by Gasteiger charge is -2.29. The molecule has 1 N–H and O–H groups in total. The van der Waals surface area contributed by atoms with Crippen molar-refractivity contribution >= 4 is 34.7 Å². The van der Waals surface area contributed by atoms with E-state index >= 15 is 0 Å². The Morgan fingerprint density at radius 1 is 1.10 bits per heavy atom. The Balaban J connectivity index is 1.23. The number of nitrogens with one attached hydrogen (secondary N) is 1. The number of nitrogens with zero attached hydrogens (tertiary/aromatic N) is 2. The van der Waals surface area contributed by atoms with Crippen LogP contribution in [0, 0.1) is 11.7 Å². The van der Waals surface area contributed by atoms with E-state index in [-0.39, 0.29) is 23.1 Å². The van der Waals surface area contributed by atoms with Crippen LogP contribution in [0.1, 0.15) is 56.2 Å². The van der Waals surface area contributed by atoms with E-state index in [0.29, 0.717) is 22.6 Å². The molecule has 2 aromatic rings. The number of anilines is 1. The third-order valence-electron chi connectivity index (χ3n) is 5.93. The zero-order chi connectivity index (χ0) is 21.6. The van der Waals surface area contributed by atoms with Crippen LogP contribution in [0.15, 0.2) is 41.4 Å². The highest BCUT2D eigenvalue weighted by Crippen LogP contribution is 2.31. The Bertz CT molecular complexity index is 969. The van der Waals surface area contributed by atoms with Crippen LogP contribution >= 0.6 is 11.8 Å². The van der Waals surface area contributed by atoms with E-state index in [1.807, 2.05) is 12.1 Å². The SMILES string of the molecule is O=C1CC(=O)/C(=C/c2ccnc(NC3CCC(CCCc4ccc(F)cc4)CC3)n2)S1. The topological polar surface area (TPSA) is 72.0 Å². The molecular formula is C24H26FN3O2S. The first-order valence-electron chi connectivity index (χ1n) is 10.8. The highest BCUT2D eigenvalue weighted by Gasteiger charge is 2.26. The largest absolute Gasteiger partial charge is 0.351 e. The summed E-state index contributed by atoms with van der Waals surface area (Å²) in [6.45, 7) is 0. The van der Waals surface area contributed by atoms with Crippen LogP contribution in [0.5, 0.6) is 0 Å². The van der Waals surface area contributed by atoms with Gasteiger partial charge in [0.2, 0.25) is 11.1 Å². The maximum atomic E-state index is 13.0. The van der Waals surface area contributed by atoms with Gasteiger partial charge in [0, 0.05) is 12.2 Å². The molecule has 0 atom stereocenters. The summed E-state index contributed by atoms with van der Waals surface area (Å²) < 4.78 is 13.0. The second-order valence-electron chi connectivity index (χ2n) is 8.27. The molecule has 1 aromatic carbocycles. The molecule has 1 saturated carbocycles. The standard InChI is InChI=1S/C24H26FN3O2S/c25-18-8-4-16(5-9-18)2-1-3-17-6-10-19(11-7-17)27-24-26-13-12-20(28-24)14-22-21(29)15-23(30)31-22/h4-5,8-9,12-14,17,19H,1-3,6-7,10-11,15H2,(H,26,27,28)/b22-14-. The fourth-order valence-corrected chi connectivity index (χ4v) is 5.04. The van der Waals surface area contributed by atoms with Crippen LogP contribution in [-0.4, -0.2) is 26.9 Å². The zero-order valence-electron chi connectivity index (χ0n) is 17.4. The quantitative estimate of drug-likeness (QED) is 0.473. The first-order chi connectivity index (χ1) is 15.0. The molecule has 0 spiro atoms. The fraction of sp³-hybridized carbons (Fsp3) is 0.417. The first kappa shape index (κ1) is 21.7. The molecule has 2 aliphatic rings. The van der Waals surface area contributed by atoms with Crippen molar-refractivity contribution < 1.29 is 14.0 Å². The molecule has 2 heterocycles. The third-order valence-corrected chi connectivity index (χ3v) is 6.87. The van der Waals surface area contributed by atoms with Gasteiger partial charge in [-0.05, 0) is 86.0 Å². The van der Waals surface area contributed by atoms with Crippen molar-refractivity contribution in [1.82, 2.24) is 9.97 Å². The molecule has 1 aliphatic heterocycles. The summed E-state index contributed by atoms with van der Waals surface area (Å²) >= 11 is 0.991. The van der Waals surface area contributed by atoms with Crippen LogP contribution < -0.4 is 5.32 Å². The number of hydrogen-bond donors (Lipinski definition) is 1. The number of aryl methyl sites for hydroxylation is 1. The summed E-state index contributed by atoms with van der Waals surface area (Å²) in [5, 5.41) is 3.32. The van der Waals surface area contributed by atoms with Crippen molar-refractivity contribution in [2.24, 2.45) is 5.92 Å². The number of halogens is 1. The Morgan fingerprint density at radius 2 is 1.87 bits per heavy atom. The molecule has 0 radical (unpaired) electrons. The minimum Gasteiger partial charge on any atom is -0.351 e. The molecule has 7 heteroatoms. The summed E-state index contributed by atoms with van der Waals surface area (Å²) in [5.41, 5.74) is 1.84. The van der Waals surface area contributed by atoms with E-state index in [2.05, 4.69) is 15.3 Å². The van der Waals surface area contributed by atoms with Crippen LogP contribution in [-0.2, 0) is 16.0 Å². The van der Waals surface area contributed by atoms with Gasteiger partial charge in [-0.15, -0.1) is 0 Å². The number of aromatic nitrogens is 2. The number of hydrogen-bond acceptors (Lipinski definition) is 6. The van der Waals surface area contributed by atoms with Gasteiger partial charge in [0.15, 0.2) is 5.78 Å². The highest BCUT2D eigenvalue weighted by atomic mass is 32.2. The van der Waals surface area contributed by atoms with E-state index in [0.717, 1.165) is 43.4 Å². The molecule has 0 unspecified atom stereocenters. The normalized spacial score (nSPS) is 22.8. The predicted octanol–water partition coefficient (Wildman–Crippen LogP) is 5.18. The summed E-state index contributed by atoms with van der Waals surface area (Å²) in [4.78, 5) is 32.5. The van der Waals surface area contributed by atoms with E-state index in [1.165, 1.54) is 37.0 Å². The average molecular weight is 440 g/mol. The number of Topliss-reactive ketones (excluding diaryl/α,β-unsaturated/α-hetero) is 1. The van der Waals surface area contributed by atoms with Crippen LogP contribution in [0.3, 0.4) is 0 Å². The molecule has 5 nitrogen and oxygen atoms in total. The van der Waals surface area contributed by atoms with E-state index < -0.39 is 0 Å². The van der Waals surface area contributed by atoms with Gasteiger partial charge in [0.25, 0.3) is 0 Å². The number of benzene rings is 1. The first-order valence-corrected chi connectivity index (χ1v) is 11.7. The lowest BCUT2D eigenvalue weighted by molar-refractivity contribution is -0.119. The van der Waals surface area contributed by atoms with Gasteiger partial charge >= 0.3 is 0 Å². The highest BCUT2D eigenvalue weighted by molar-refractivity contribution is 8.18. The molecule has 4 rings (SSSR count). The van der Waals surface area contributed by atoms with Crippen molar-refractivity contribution in [2.45, 2.75) is 57.4 Å². The van der Waals surface area contributed by atoms with Crippen molar-refractivity contribution in [1.29, 1.82) is 0 Å². The summed E-state index contributed by atoms with van der Waals surface area (Å²) in [6.07, 6.45) is 11.2. The van der Waals surface area contributed by atoms with E-state index in [9.17, 15) is 14.0 Å². The average Bonchev–Trinajstić information content (AvgIpc) is 3.07. The summed E-state index contributed by atoms with van der Waals surface area (Å²) in [5.74, 6) is 0.983. The lowest BCUT2D eigenvalue weighted by Crippen LogP contribution is -2.27. The van der Waals surface area contributed by atoms with Gasteiger partial charge in [-0.1, -0.05) is 18.6 Å². The van der Waals surface area contributed by atoms with Crippen molar-refractivity contribution in [3.8, 4) is 0 Å². The number of carbonyl (C=O) groups is 2. The van der Waals surface area contributed by atoms with Gasteiger partial charge in [-0.3, -0.25) is 9.59 Å².